The minimum absolute atomic E-state index is 0.110. The predicted octanol–water partition coefficient (Wildman–Crippen LogP) is 3.31. The van der Waals surface area contributed by atoms with Gasteiger partial charge < -0.3 is 16.3 Å². The van der Waals surface area contributed by atoms with Crippen molar-refractivity contribution in [2.45, 2.75) is 20.3 Å². The van der Waals surface area contributed by atoms with Gasteiger partial charge in [-0.25, -0.2) is 0 Å². The van der Waals surface area contributed by atoms with Gasteiger partial charge in [0.2, 0.25) is 5.91 Å². The molecule has 5 nitrogen and oxygen atoms in total. The third kappa shape index (κ3) is 3.48. The molecule has 104 valence electrons. The number of anilines is 1. The number of oxime groups is 1. The first-order valence-corrected chi connectivity index (χ1v) is 7.18. The first-order chi connectivity index (χ1) is 8.85. The first-order valence-electron chi connectivity index (χ1n) is 5.59. The Kier molecular flexibility index (Phi) is 5.37. The molecule has 0 aliphatic heterocycles. The normalized spacial score (nSPS) is 14.8. The lowest BCUT2D eigenvalue weighted by atomic mass is 9.85. The largest absolute Gasteiger partial charge is 0.409 e. The third-order valence-corrected chi connectivity index (χ3v) is 4.21. The Morgan fingerprint density at radius 3 is 2.63 bits per heavy atom. The molecule has 0 aliphatic carbocycles. The van der Waals surface area contributed by atoms with Crippen LogP contribution in [0.2, 0.25) is 0 Å². The number of benzene rings is 1. The van der Waals surface area contributed by atoms with Crippen LogP contribution in [0.25, 0.3) is 0 Å². The lowest BCUT2D eigenvalue weighted by Gasteiger charge is -2.25. The van der Waals surface area contributed by atoms with Crippen LogP contribution in [0.4, 0.5) is 5.69 Å². The van der Waals surface area contributed by atoms with Crippen molar-refractivity contribution >= 4 is 49.3 Å². The second-order valence-electron chi connectivity index (χ2n) is 4.25. The number of rotatable bonds is 4. The van der Waals surface area contributed by atoms with Crippen molar-refractivity contribution in [3.05, 3.63) is 27.1 Å². The molecule has 1 unspecified atom stereocenters. The summed E-state index contributed by atoms with van der Waals surface area (Å²) in [7, 11) is 0. The molecule has 0 aromatic heterocycles. The van der Waals surface area contributed by atoms with Crippen molar-refractivity contribution in [3.8, 4) is 0 Å². The molecule has 0 saturated carbocycles. The topological polar surface area (TPSA) is 87.7 Å². The summed E-state index contributed by atoms with van der Waals surface area (Å²) in [5.41, 5.74) is 5.17. The molecule has 19 heavy (non-hydrogen) atoms. The van der Waals surface area contributed by atoms with Crippen LogP contribution in [-0.2, 0) is 4.79 Å². The summed E-state index contributed by atoms with van der Waals surface area (Å²) in [6.45, 7) is 3.43. The van der Waals surface area contributed by atoms with E-state index in [9.17, 15) is 4.79 Å². The van der Waals surface area contributed by atoms with E-state index in [1.54, 1.807) is 19.9 Å². The predicted molar refractivity (Wildman–Crippen MR) is 82.3 cm³/mol. The van der Waals surface area contributed by atoms with Gasteiger partial charge in [0, 0.05) is 8.95 Å². The molecular formula is C12H15Br2N3O2. The van der Waals surface area contributed by atoms with Gasteiger partial charge in [-0.3, -0.25) is 4.79 Å². The summed E-state index contributed by atoms with van der Waals surface area (Å²) >= 11 is 6.70. The fourth-order valence-electron chi connectivity index (χ4n) is 1.42. The molecule has 0 spiro atoms. The number of amidine groups is 1. The number of nitrogens with zero attached hydrogens (tertiary/aromatic N) is 1. The minimum atomic E-state index is -1.05. The number of halogens is 2. The first kappa shape index (κ1) is 16.0. The molecule has 4 N–H and O–H groups in total. The maximum absolute atomic E-state index is 12.3. The van der Waals surface area contributed by atoms with Crippen molar-refractivity contribution in [3.63, 3.8) is 0 Å². The number of nitrogens with two attached hydrogens (primary N) is 1. The maximum Gasteiger partial charge on any atom is 0.238 e. The summed E-state index contributed by atoms with van der Waals surface area (Å²) in [6, 6.07) is 5.39. The molecule has 0 radical (unpaired) electrons. The van der Waals surface area contributed by atoms with Crippen LogP contribution in [0.3, 0.4) is 0 Å². The number of carbonyl (C=O) groups is 1. The van der Waals surface area contributed by atoms with E-state index in [-0.39, 0.29) is 11.7 Å². The summed E-state index contributed by atoms with van der Waals surface area (Å²) < 4.78 is 1.64. The fraction of sp³-hybridized carbons (Fsp3) is 0.333. The molecule has 1 amide bonds. The van der Waals surface area contributed by atoms with Crippen LogP contribution < -0.4 is 11.1 Å². The van der Waals surface area contributed by atoms with Crippen LogP contribution in [0, 0.1) is 5.41 Å². The van der Waals surface area contributed by atoms with Gasteiger partial charge in [-0.05, 0) is 47.5 Å². The molecule has 0 aliphatic rings. The average molecular weight is 393 g/mol. The zero-order valence-electron chi connectivity index (χ0n) is 10.6. The van der Waals surface area contributed by atoms with E-state index in [2.05, 4.69) is 42.3 Å². The fourth-order valence-corrected chi connectivity index (χ4v) is 2.57. The van der Waals surface area contributed by atoms with Gasteiger partial charge in [0.15, 0.2) is 5.84 Å². The van der Waals surface area contributed by atoms with Gasteiger partial charge in [0.1, 0.15) is 5.41 Å². The Balaban J connectivity index is 3.01. The van der Waals surface area contributed by atoms with Gasteiger partial charge in [-0.1, -0.05) is 28.0 Å². The molecule has 0 bridgehead atoms. The Morgan fingerprint density at radius 2 is 2.16 bits per heavy atom. The SMILES string of the molecule is CCC(C)(C(=O)Nc1ccc(Br)cc1Br)/C(N)=N/O. The van der Waals surface area contributed by atoms with Crippen LogP contribution in [-0.4, -0.2) is 17.0 Å². The molecule has 1 rings (SSSR count). The number of amides is 1. The van der Waals surface area contributed by atoms with E-state index in [1.807, 2.05) is 12.1 Å². The summed E-state index contributed by atoms with van der Waals surface area (Å²) in [4.78, 5) is 12.3. The Labute approximate surface area is 128 Å². The van der Waals surface area contributed by atoms with Gasteiger partial charge in [0.05, 0.1) is 5.69 Å². The van der Waals surface area contributed by atoms with E-state index in [1.165, 1.54) is 0 Å². The molecule has 0 heterocycles. The van der Waals surface area contributed by atoms with E-state index in [4.69, 9.17) is 10.9 Å². The highest BCUT2D eigenvalue weighted by Crippen LogP contribution is 2.29. The Hall–Kier alpha value is -1.08. The summed E-state index contributed by atoms with van der Waals surface area (Å²) in [5.74, 6) is -0.436. The van der Waals surface area contributed by atoms with Gasteiger partial charge in [-0.15, -0.1) is 0 Å². The van der Waals surface area contributed by atoms with Crippen molar-refractivity contribution in [2.24, 2.45) is 16.3 Å². The third-order valence-electron chi connectivity index (χ3n) is 3.06. The van der Waals surface area contributed by atoms with Crippen molar-refractivity contribution < 1.29 is 10.0 Å². The molecule has 0 saturated heterocycles. The minimum Gasteiger partial charge on any atom is -0.409 e. The lowest BCUT2D eigenvalue weighted by molar-refractivity contribution is -0.121. The standard InChI is InChI=1S/C12H15Br2N3O2/c1-3-12(2,10(15)17-19)11(18)16-9-5-4-7(13)6-8(9)14/h4-6,19H,3H2,1-2H3,(H2,15,17)(H,16,18). The number of carbonyl (C=O) groups excluding carboxylic acids is 1. The van der Waals surface area contributed by atoms with Crippen LogP contribution in [0.5, 0.6) is 0 Å². The van der Waals surface area contributed by atoms with E-state index >= 15 is 0 Å². The van der Waals surface area contributed by atoms with Gasteiger partial charge in [-0.2, -0.15) is 0 Å². The Morgan fingerprint density at radius 1 is 1.53 bits per heavy atom. The highest BCUT2D eigenvalue weighted by Gasteiger charge is 2.36. The van der Waals surface area contributed by atoms with E-state index in [0.717, 1.165) is 8.95 Å². The van der Waals surface area contributed by atoms with Crippen LogP contribution in [0.1, 0.15) is 20.3 Å². The highest BCUT2D eigenvalue weighted by atomic mass is 79.9. The van der Waals surface area contributed by atoms with Gasteiger partial charge in [0.25, 0.3) is 0 Å². The van der Waals surface area contributed by atoms with Crippen molar-refractivity contribution in [2.75, 3.05) is 5.32 Å². The van der Waals surface area contributed by atoms with Crippen LogP contribution in [0.15, 0.2) is 32.3 Å². The maximum atomic E-state index is 12.3. The lowest BCUT2D eigenvalue weighted by Crippen LogP contribution is -2.44. The van der Waals surface area contributed by atoms with E-state index in [0.29, 0.717) is 12.1 Å². The zero-order valence-corrected chi connectivity index (χ0v) is 13.7. The Bertz CT molecular complexity index is 520. The molecule has 1 aromatic carbocycles. The number of hydrogen-bond donors (Lipinski definition) is 3. The average Bonchev–Trinajstić information content (AvgIpc) is 2.39. The second kappa shape index (κ2) is 6.38. The summed E-state index contributed by atoms with van der Waals surface area (Å²) in [6.07, 6.45) is 0.420. The molecular weight excluding hydrogens is 378 g/mol. The van der Waals surface area contributed by atoms with Gasteiger partial charge >= 0.3 is 0 Å². The molecule has 7 heteroatoms. The summed E-state index contributed by atoms with van der Waals surface area (Å²) in [5, 5.41) is 14.5. The molecule has 1 aromatic rings. The number of hydrogen-bond acceptors (Lipinski definition) is 3. The smallest absolute Gasteiger partial charge is 0.238 e. The number of nitrogens with one attached hydrogen (secondary N) is 1. The van der Waals surface area contributed by atoms with Crippen molar-refractivity contribution in [1.29, 1.82) is 0 Å². The zero-order chi connectivity index (χ0) is 14.6. The monoisotopic (exact) mass is 391 g/mol. The van der Waals surface area contributed by atoms with Crippen LogP contribution >= 0.6 is 31.9 Å². The quantitative estimate of drug-likeness (QED) is 0.318. The molecule has 0 fully saturated rings. The highest BCUT2D eigenvalue weighted by molar-refractivity contribution is 9.11. The molecule has 1 atom stereocenters. The van der Waals surface area contributed by atoms with Crippen molar-refractivity contribution in [1.82, 2.24) is 0 Å². The second-order valence-corrected chi connectivity index (χ2v) is 6.02. The van der Waals surface area contributed by atoms with E-state index < -0.39 is 5.41 Å².